The van der Waals surface area contributed by atoms with Crippen LogP contribution in [-0.4, -0.2) is 0 Å². The summed E-state index contributed by atoms with van der Waals surface area (Å²) in [5.41, 5.74) is 3.86. The lowest BCUT2D eigenvalue weighted by atomic mass is 10.1. The minimum Gasteiger partial charge on any atom is -0.144 e. The van der Waals surface area contributed by atoms with Gasteiger partial charge in [0.25, 0.3) is 0 Å². The molecule has 0 saturated heterocycles. The SMILES string of the molecule is C=Cc1cc(-c2ccc(C)cc2)cs1. The Kier molecular flexibility index (Phi) is 2.51. The third-order valence-electron chi connectivity index (χ3n) is 2.21. The van der Waals surface area contributed by atoms with Gasteiger partial charge in [0.15, 0.2) is 0 Å². The summed E-state index contributed by atoms with van der Waals surface area (Å²) in [5, 5.41) is 2.17. The fourth-order valence-electron chi connectivity index (χ4n) is 1.36. The summed E-state index contributed by atoms with van der Waals surface area (Å²) in [6.45, 7) is 5.87. The second-order valence-electron chi connectivity index (χ2n) is 3.31. The fraction of sp³-hybridized carbons (Fsp3) is 0.0769. The molecule has 1 aromatic carbocycles. The second-order valence-corrected chi connectivity index (χ2v) is 4.25. The van der Waals surface area contributed by atoms with Gasteiger partial charge in [-0.2, -0.15) is 0 Å². The van der Waals surface area contributed by atoms with Crippen molar-refractivity contribution >= 4 is 17.4 Å². The summed E-state index contributed by atoms with van der Waals surface area (Å²) in [6.07, 6.45) is 1.89. The molecule has 1 heterocycles. The molecule has 0 spiro atoms. The smallest absolute Gasteiger partial charge is 0.0270 e. The summed E-state index contributed by atoms with van der Waals surface area (Å²) in [4.78, 5) is 1.22. The molecule has 0 atom stereocenters. The van der Waals surface area contributed by atoms with Crippen LogP contribution in [0.2, 0.25) is 0 Å². The molecular formula is C13H12S. The van der Waals surface area contributed by atoms with Crippen LogP contribution < -0.4 is 0 Å². The Labute approximate surface area is 88.5 Å². The molecule has 0 aliphatic carbocycles. The topological polar surface area (TPSA) is 0 Å². The van der Waals surface area contributed by atoms with Gasteiger partial charge in [-0.15, -0.1) is 11.3 Å². The lowest BCUT2D eigenvalue weighted by Crippen LogP contribution is -1.74. The molecule has 0 N–H and O–H groups in total. The Morgan fingerprint density at radius 3 is 2.43 bits per heavy atom. The van der Waals surface area contributed by atoms with Gasteiger partial charge < -0.3 is 0 Å². The third kappa shape index (κ3) is 1.78. The number of hydrogen-bond acceptors (Lipinski definition) is 1. The molecule has 0 fully saturated rings. The predicted molar refractivity (Wildman–Crippen MR) is 64.6 cm³/mol. The van der Waals surface area contributed by atoms with Crippen LogP contribution in [0.3, 0.4) is 0 Å². The van der Waals surface area contributed by atoms with Crippen molar-refractivity contribution < 1.29 is 0 Å². The van der Waals surface area contributed by atoms with Crippen molar-refractivity contribution in [2.45, 2.75) is 6.92 Å². The number of hydrogen-bond donors (Lipinski definition) is 0. The number of rotatable bonds is 2. The molecule has 0 aliphatic rings. The average molecular weight is 200 g/mol. The van der Waals surface area contributed by atoms with Crippen molar-refractivity contribution in [3.63, 3.8) is 0 Å². The first kappa shape index (κ1) is 9.22. The van der Waals surface area contributed by atoms with Gasteiger partial charge in [0, 0.05) is 4.88 Å². The Morgan fingerprint density at radius 1 is 1.14 bits per heavy atom. The Morgan fingerprint density at radius 2 is 1.86 bits per heavy atom. The van der Waals surface area contributed by atoms with Crippen LogP contribution in [0.1, 0.15) is 10.4 Å². The minimum atomic E-state index is 1.22. The standard InChI is InChI=1S/C13H12S/c1-3-13-8-12(9-14-13)11-6-4-10(2)5-7-11/h3-9H,1H2,2H3. The normalized spacial score (nSPS) is 10.1. The van der Waals surface area contributed by atoms with Gasteiger partial charge in [-0.25, -0.2) is 0 Å². The van der Waals surface area contributed by atoms with Crippen molar-refractivity contribution in [1.82, 2.24) is 0 Å². The van der Waals surface area contributed by atoms with E-state index < -0.39 is 0 Å². The molecule has 0 aliphatic heterocycles. The molecule has 1 heteroatoms. The molecule has 2 rings (SSSR count). The van der Waals surface area contributed by atoms with E-state index in [2.05, 4.69) is 49.2 Å². The van der Waals surface area contributed by atoms with Gasteiger partial charge in [-0.05, 0) is 29.5 Å². The van der Waals surface area contributed by atoms with E-state index in [1.54, 1.807) is 11.3 Å². The zero-order valence-corrected chi connectivity index (χ0v) is 8.97. The maximum Gasteiger partial charge on any atom is 0.0270 e. The van der Waals surface area contributed by atoms with Crippen molar-refractivity contribution in [1.29, 1.82) is 0 Å². The van der Waals surface area contributed by atoms with Crippen molar-refractivity contribution in [3.05, 3.63) is 52.7 Å². The summed E-state index contributed by atoms with van der Waals surface area (Å²) in [6, 6.07) is 10.8. The van der Waals surface area contributed by atoms with Gasteiger partial charge >= 0.3 is 0 Å². The Hall–Kier alpha value is -1.34. The molecule has 0 amide bonds. The van der Waals surface area contributed by atoms with Crippen LogP contribution in [0.25, 0.3) is 17.2 Å². The van der Waals surface area contributed by atoms with Crippen LogP contribution in [0.4, 0.5) is 0 Å². The van der Waals surface area contributed by atoms with Gasteiger partial charge in [-0.3, -0.25) is 0 Å². The molecule has 2 aromatic rings. The maximum atomic E-state index is 3.76. The van der Waals surface area contributed by atoms with E-state index in [4.69, 9.17) is 0 Å². The summed E-state index contributed by atoms with van der Waals surface area (Å²) < 4.78 is 0. The molecule has 0 bridgehead atoms. The second kappa shape index (κ2) is 3.81. The lowest BCUT2D eigenvalue weighted by molar-refractivity contribution is 1.47. The summed E-state index contributed by atoms with van der Waals surface area (Å²) in [5.74, 6) is 0. The van der Waals surface area contributed by atoms with Crippen molar-refractivity contribution in [3.8, 4) is 11.1 Å². The van der Waals surface area contributed by atoms with E-state index >= 15 is 0 Å². The summed E-state index contributed by atoms with van der Waals surface area (Å²) >= 11 is 1.73. The Balaban J connectivity index is 2.39. The zero-order valence-electron chi connectivity index (χ0n) is 8.16. The number of benzene rings is 1. The summed E-state index contributed by atoms with van der Waals surface area (Å²) in [7, 11) is 0. The van der Waals surface area contributed by atoms with Crippen LogP contribution in [-0.2, 0) is 0 Å². The maximum absolute atomic E-state index is 3.76. The van der Waals surface area contributed by atoms with Gasteiger partial charge in [-0.1, -0.05) is 42.5 Å². The molecule has 0 saturated carbocycles. The first-order valence-electron chi connectivity index (χ1n) is 4.57. The quantitative estimate of drug-likeness (QED) is 0.675. The van der Waals surface area contributed by atoms with Crippen molar-refractivity contribution in [2.24, 2.45) is 0 Å². The highest BCUT2D eigenvalue weighted by atomic mass is 32.1. The van der Waals surface area contributed by atoms with Crippen LogP contribution in [0.5, 0.6) is 0 Å². The molecule has 0 unspecified atom stereocenters. The van der Waals surface area contributed by atoms with E-state index in [1.807, 2.05) is 6.08 Å². The minimum absolute atomic E-state index is 1.22. The monoisotopic (exact) mass is 200 g/mol. The third-order valence-corrected chi connectivity index (χ3v) is 3.13. The molecule has 1 aromatic heterocycles. The predicted octanol–water partition coefficient (Wildman–Crippen LogP) is 4.37. The molecule has 0 radical (unpaired) electrons. The number of thiophene rings is 1. The molecular weight excluding hydrogens is 188 g/mol. The van der Waals surface area contributed by atoms with E-state index in [1.165, 1.54) is 21.6 Å². The largest absolute Gasteiger partial charge is 0.144 e. The van der Waals surface area contributed by atoms with Crippen LogP contribution in [0, 0.1) is 6.92 Å². The van der Waals surface area contributed by atoms with E-state index in [0.717, 1.165) is 0 Å². The molecule has 70 valence electrons. The van der Waals surface area contributed by atoms with Crippen molar-refractivity contribution in [2.75, 3.05) is 0 Å². The first-order valence-corrected chi connectivity index (χ1v) is 5.45. The molecule has 14 heavy (non-hydrogen) atoms. The van der Waals surface area contributed by atoms with E-state index in [-0.39, 0.29) is 0 Å². The van der Waals surface area contributed by atoms with E-state index in [0.29, 0.717) is 0 Å². The fourth-order valence-corrected chi connectivity index (χ4v) is 2.12. The number of aryl methyl sites for hydroxylation is 1. The highest BCUT2D eigenvalue weighted by Gasteiger charge is 1.99. The highest BCUT2D eigenvalue weighted by Crippen LogP contribution is 2.26. The van der Waals surface area contributed by atoms with Crippen LogP contribution >= 0.6 is 11.3 Å². The first-order chi connectivity index (χ1) is 6.79. The van der Waals surface area contributed by atoms with Gasteiger partial charge in [0.1, 0.15) is 0 Å². The van der Waals surface area contributed by atoms with E-state index in [9.17, 15) is 0 Å². The van der Waals surface area contributed by atoms with Gasteiger partial charge in [0.2, 0.25) is 0 Å². The zero-order chi connectivity index (χ0) is 9.97. The lowest BCUT2D eigenvalue weighted by Gasteiger charge is -1.97. The molecule has 0 nitrogen and oxygen atoms in total. The van der Waals surface area contributed by atoms with Gasteiger partial charge in [0.05, 0.1) is 0 Å². The highest BCUT2D eigenvalue weighted by molar-refractivity contribution is 7.11. The van der Waals surface area contributed by atoms with Crippen LogP contribution in [0.15, 0.2) is 42.3 Å². The average Bonchev–Trinajstić information content (AvgIpc) is 2.67. The Bertz CT molecular complexity index is 435.